The quantitative estimate of drug-likeness (QED) is 0.318. The fourth-order valence-electron chi connectivity index (χ4n) is 4.31. The highest BCUT2D eigenvalue weighted by Gasteiger charge is 2.33. The summed E-state index contributed by atoms with van der Waals surface area (Å²) in [5.74, 6) is 0.147. The van der Waals surface area contributed by atoms with E-state index in [9.17, 15) is 13.2 Å². The molecule has 1 amide bonds. The molecule has 1 saturated carbocycles. The Labute approximate surface area is 212 Å². The van der Waals surface area contributed by atoms with Gasteiger partial charge >= 0.3 is 0 Å². The molecule has 8 heteroatoms. The third-order valence-corrected chi connectivity index (χ3v) is 8.09. The van der Waals surface area contributed by atoms with E-state index in [1.54, 1.807) is 30.3 Å². The van der Waals surface area contributed by atoms with E-state index in [-0.39, 0.29) is 17.5 Å². The molecule has 0 radical (unpaired) electrons. The molecule has 188 valence electrons. The number of carbonyl (C=O) groups is 1. The number of para-hydroxylation sites is 1. The lowest BCUT2D eigenvalue weighted by atomic mass is 9.95. The summed E-state index contributed by atoms with van der Waals surface area (Å²) in [5, 5.41) is 4.08. The van der Waals surface area contributed by atoms with Crippen molar-refractivity contribution < 1.29 is 17.9 Å². The average molecular weight is 506 g/mol. The van der Waals surface area contributed by atoms with Crippen LogP contribution in [0.4, 0.5) is 0 Å². The highest BCUT2D eigenvalue weighted by Crippen LogP contribution is 2.27. The molecule has 0 saturated heterocycles. The Morgan fingerprint density at radius 2 is 1.56 bits per heavy atom. The minimum atomic E-state index is -3.81. The van der Waals surface area contributed by atoms with E-state index in [2.05, 4.69) is 10.5 Å². The Morgan fingerprint density at radius 3 is 2.28 bits per heavy atom. The van der Waals surface area contributed by atoms with Crippen molar-refractivity contribution in [1.82, 2.24) is 9.73 Å². The van der Waals surface area contributed by atoms with Gasteiger partial charge < -0.3 is 4.74 Å². The van der Waals surface area contributed by atoms with Gasteiger partial charge in [0, 0.05) is 11.6 Å². The molecule has 1 aliphatic carbocycles. The van der Waals surface area contributed by atoms with Gasteiger partial charge in [0.1, 0.15) is 12.4 Å². The fraction of sp³-hybridized carbons (Fsp3) is 0.286. The number of hydrogen-bond donors (Lipinski definition) is 1. The van der Waals surface area contributed by atoms with Gasteiger partial charge in [-0.25, -0.2) is 13.8 Å². The molecule has 1 aliphatic rings. The van der Waals surface area contributed by atoms with Crippen molar-refractivity contribution in [3.8, 4) is 5.75 Å². The van der Waals surface area contributed by atoms with Crippen LogP contribution in [0.2, 0.25) is 0 Å². The van der Waals surface area contributed by atoms with Crippen LogP contribution < -0.4 is 10.2 Å². The monoisotopic (exact) mass is 505 g/mol. The summed E-state index contributed by atoms with van der Waals surface area (Å²) >= 11 is 0. The molecule has 0 aliphatic heterocycles. The number of benzene rings is 3. The van der Waals surface area contributed by atoms with Crippen molar-refractivity contribution in [3.05, 3.63) is 96.1 Å². The molecule has 3 aromatic carbocycles. The lowest BCUT2D eigenvalue weighted by molar-refractivity contribution is -0.121. The van der Waals surface area contributed by atoms with Crippen molar-refractivity contribution in [3.63, 3.8) is 0 Å². The number of amides is 1. The van der Waals surface area contributed by atoms with Crippen molar-refractivity contribution in [1.29, 1.82) is 0 Å². The van der Waals surface area contributed by atoms with Gasteiger partial charge in [-0.05, 0) is 42.7 Å². The van der Waals surface area contributed by atoms with Crippen molar-refractivity contribution in [2.45, 2.75) is 49.6 Å². The van der Waals surface area contributed by atoms with Gasteiger partial charge in [-0.3, -0.25) is 4.79 Å². The first-order valence-corrected chi connectivity index (χ1v) is 13.6. The molecule has 7 nitrogen and oxygen atoms in total. The number of nitrogens with one attached hydrogen (secondary N) is 1. The smallest absolute Gasteiger partial charge is 0.255 e. The summed E-state index contributed by atoms with van der Waals surface area (Å²) < 4.78 is 34.0. The van der Waals surface area contributed by atoms with Crippen LogP contribution in [0.1, 0.15) is 43.2 Å². The van der Waals surface area contributed by atoms with Crippen molar-refractivity contribution in [2.75, 3.05) is 6.54 Å². The average Bonchev–Trinajstić information content (AvgIpc) is 2.92. The normalized spacial score (nSPS) is 14.7. The molecule has 1 N–H and O–H groups in total. The van der Waals surface area contributed by atoms with Gasteiger partial charge in [0.05, 0.1) is 17.7 Å². The van der Waals surface area contributed by atoms with Gasteiger partial charge in [-0.1, -0.05) is 79.9 Å². The van der Waals surface area contributed by atoms with E-state index in [0.29, 0.717) is 17.9 Å². The van der Waals surface area contributed by atoms with E-state index in [4.69, 9.17) is 4.74 Å². The molecular weight excluding hydrogens is 474 g/mol. The zero-order chi connectivity index (χ0) is 25.2. The number of hydrogen-bond acceptors (Lipinski definition) is 5. The molecule has 0 aromatic heterocycles. The van der Waals surface area contributed by atoms with Crippen LogP contribution >= 0.6 is 0 Å². The summed E-state index contributed by atoms with van der Waals surface area (Å²) in [6, 6.07) is 25.3. The predicted molar refractivity (Wildman–Crippen MR) is 140 cm³/mol. The Balaban J connectivity index is 1.42. The molecule has 0 atom stereocenters. The molecule has 0 bridgehead atoms. The van der Waals surface area contributed by atoms with E-state index in [0.717, 1.165) is 37.7 Å². The van der Waals surface area contributed by atoms with Crippen LogP contribution in [0.3, 0.4) is 0 Å². The third kappa shape index (κ3) is 6.80. The van der Waals surface area contributed by atoms with Crippen LogP contribution in [0, 0.1) is 0 Å². The second-order valence-corrected chi connectivity index (χ2v) is 10.7. The standard InChI is InChI=1S/C28H31N3O4S/c32-28(21-31(25-15-6-2-7-16-25)36(33,34)26-17-8-3-9-18-26)30-29-20-24-14-10-11-19-27(24)35-22-23-12-4-1-5-13-23/h1,3-5,8-14,17-20,25H,2,6-7,15-16,21-22H2,(H,30,32)/b29-20+. The second-order valence-electron chi connectivity index (χ2n) is 8.76. The summed E-state index contributed by atoms with van der Waals surface area (Å²) in [7, 11) is -3.81. The maximum atomic E-state index is 13.4. The Hall–Kier alpha value is -3.49. The predicted octanol–water partition coefficient (Wildman–Crippen LogP) is 4.74. The molecular formula is C28H31N3O4S. The van der Waals surface area contributed by atoms with E-state index >= 15 is 0 Å². The zero-order valence-corrected chi connectivity index (χ0v) is 20.9. The molecule has 0 spiro atoms. The topological polar surface area (TPSA) is 88.1 Å². The van der Waals surface area contributed by atoms with Gasteiger partial charge in [0.25, 0.3) is 5.91 Å². The number of sulfonamides is 1. The SMILES string of the molecule is O=C(CN(C1CCCCC1)S(=O)(=O)c1ccccc1)N/N=C/c1ccccc1OCc1ccccc1. The first-order chi connectivity index (χ1) is 17.5. The number of nitrogens with zero attached hydrogens (tertiary/aromatic N) is 2. The Kier molecular flexibility index (Phi) is 8.86. The summed E-state index contributed by atoms with van der Waals surface area (Å²) in [5.41, 5.74) is 4.24. The number of ether oxygens (including phenoxy) is 1. The lowest BCUT2D eigenvalue weighted by Gasteiger charge is -2.32. The highest BCUT2D eigenvalue weighted by molar-refractivity contribution is 7.89. The molecule has 3 aromatic rings. The first-order valence-electron chi connectivity index (χ1n) is 12.2. The second kappa shape index (κ2) is 12.5. The lowest BCUT2D eigenvalue weighted by Crippen LogP contribution is -2.46. The molecule has 0 unspecified atom stereocenters. The van der Waals surface area contributed by atoms with Gasteiger partial charge in [-0.2, -0.15) is 9.41 Å². The van der Waals surface area contributed by atoms with Crippen LogP contribution in [0.25, 0.3) is 0 Å². The minimum Gasteiger partial charge on any atom is -0.488 e. The van der Waals surface area contributed by atoms with Crippen LogP contribution in [-0.4, -0.2) is 37.4 Å². The molecule has 36 heavy (non-hydrogen) atoms. The van der Waals surface area contributed by atoms with Gasteiger partial charge in [0.15, 0.2) is 0 Å². The minimum absolute atomic E-state index is 0.191. The molecule has 0 heterocycles. The summed E-state index contributed by atoms with van der Waals surface area (Å²) in [6.07, 6.45) is 5.98. The van der Waals surface area contributed by atoms with E-state index < -0.39 is 15.9 Å². The number of rotatable bonds is 10. The third-order valence-electron chi connectivity index (χ3n) is 6.18. The van der Waals surface area contributed by atoms with E-state index in [1.807, 2.05) is 54.6 Å². The van der Waals surface area contributed by atoms with Gasteiger partial charge in [-0.15, -0.1) is 0 Å². The van der Waals surface area contributed by atoms with Crippen molar-refractivity contribution >= 4 is 22.1 Å². The van der Waals surface area contributed by atoms with Crippen molar-refractivity contribution in [2.24, 2.45) is 5.10 Å². The maximum absolute atomic E-state index is 13.4. The zero-order valence-electron chi connectivity index (χ0n) is 20.1. The number of carbonyl (C=O) groups excluding carboxylic acids is 1. The Morgan fingerprint density at radius 1 is 0.917 bits per heavy atom. The van der Waals surface area contributed by atoms with Gasteiger partial charge in [0.2, 0.25) is 10.0 Å². The summed E-state index contributed by atoms with van der Waals surface area (Å²) in [4.78, 5) is 13.0. The molecule has 4 rings (SSSR count). The number of hydrazone groups is 1. The molecule has 1 fully saturated rings. The van der Waals surface area contributed by atoms with Crippen LogP contribution in [0.15, 0.2) is 94.9 Å². The Bertz CT molecular complexity index is 1260. The van der Waals surface area contributed by atoms with Crippen LogP contribution in [0.5, 0.6) is 5.75 Å². The largest absolute Gasteiger partial charge is 0.488 e. The first kappa shape index (κ1) is 25.6. The highest BCUT2D eigenvalue weighted by atomic mass is 32.2. The van der Waals surface area contributed by atoms with E-state index in [1.165, 1.54) is 10.5 Å². The summed E-state index contributed by atoms with van der Waals surface area (Å²) in [6.45, 7) is 0.122. The maximum Gasteiger partial charge on any atom is 0.255 e. The van der Waals surface area contributed by atoms with Crippen LogP contribution in [-0.2, 0) is 21.4 Å². The fourth-order valence-corrected chi connectivity index (χ4v) is 5.97.